The van der Waals surface area contributed by atoms with Crippen molar-refractivity contribution in [3.05, 3.63) is 23.8 Å². The van der Waals surface area contributed by atoms with Crippen molar-refractivity contribution in [3.63, 3.8) is 0 Å². The van der Waals surface area contributed by atoms with Crippen LogP contribution in [-0.4, -0.2) is 18.6 Å². The molecule has 0 aliphatic heterocycles. The SMILES string of the molecule is COc1ccc(C(N)=S)c(NCC2CCC(C)C2)c1. The molecule has 1 fully saturated rings. The lowest BCUT2D eigenvalue weighted by molar-refractivity contribution is 0.415. The zero-order valence-electron chi connectivity index (χ0n) is 11.6. The standard InChI is InChI=1S/C15H22N2OS/c1-10-3-4-11(7-10)9-17-14-8-12(18-2)5-6-13(14)15(16)19/h5-6,8,10-11,17H,3-4,7,9H2,1-2H3,(H2,16,19). The summed E-state index contributed by atoms with van der Waals surface area (Å²) in [6.45, 7) is 3.30. The Labute approximate surface area is 120 Å². The molecule has 1 aromatic rings. The highest BCUT2D eigenvalue weighted by atomic mass is 32.1. The van der Waals surface area contributed by atoms with E-state index < -0.39 is 0 Å². The molecular formula is C15H22N2OS. The summed E-state index contributed by atoms with van der Waals surface area (Å²) in [5, 5.41) is 3.48. The van der Waals surface area contributed by atoms with Crippen LogP contribution in [0.1, 0.15) is 31.7 Å². The number of anilines is 1. The molecule has 4 heteroatoms. The summed E-state index contributed by atoms with van der Waals surface area (Å²) in [6.07, 6.45) is 3.95. The molecule has 1 aliphatic carbocycles. The van der Waals surface area contributed by atoms with Gasteiger partial charge in [0.25, 0.3) is 0 Å². The van der Waals surface area contributed by atoms with Crippen molar-refractivity contribution >= 4 is 22.9 Å². The van der Waals surface area contributed by atoms with E-state index in [0.29, 0.717) is 4.99 Å². The molecule has 2 unspecified atom stereocenters. The number of nitrogens with one attached hydrogen (secondary N) is 1. The molecule has 1 aromatic carbocycles. The van der Waals surface area contributed by atoms with Gasteiger partial charge in [0.05, 0.1) is 7.11 Å². The van der Waals surface area contributed by atoms with Crippen LogP contribution in [0.25, 0.3) is 0 Å². The van der Waals surface area contributed by atoms with Gasteiger partial charge in [0.1, 0.15) is 10.7 Å². The number of hydrogen-bond acceptors (Lipinski definition) is 3. The maximum atomic E-state index is 5.76. The monoisotopic (exact) mass is 278 g/mol. The summed E-state index contributed by atoms with van der Waals surface area (Å²) in [7, 11) is 1.66. The number of benzene rings is 1. The van der Waals surface area contributed by atoms with Gasteiger partial charge in [0.15, 0.2) is 0 Å². The van der Waals surface area contributed by atoms with Crippen LogP contribution in [0.15, 0.2) is 18.2 Å². The molecule has 0 amide bonds. The van der Waals surface area contributed by atoms with E-state index in [4.69, 9.17) is 22.7 Å². The van der Waals surface area contributed by atoms with Crippen LogP contribution in [0, 0.1) is 11.8 Å². The first-order valence-electron chi connectivity index (χ1n) is 6.82. The number of methoxy groups -OCH3 is 1. The minimum atomic E-state index is 0.421. The lowest BCUT2D eigenvalue weighted by Crippen LogP contribution is -2.17. The van der Waals surface area contributed by atoms with Crippen molar-refractivity contribution in [1.82, 2.24) is 0 Å². The summed E-state index contributed by atoms with van der Waals surface area (Å²) in [5.74, 6) is 2.43. The first-order valence-corrected chi connectivity index (χ1v) is 7.22. The molecule has 1 saturated carbocycles. The van der Waals surface area contributed by atoms with Gasteiger partial charge in [-0.25, -0.2) is 0 Å². The van der Waals surface area contributed by atoms with Gasteiger partial charge in [-0.1, -0.05) is 25.6 Å². The van der Waals surface area contributed by atoms with E-state index in [9.17, 15) is 0 Å². The zero-order valence-corrected chi connectivity index (χ0v) is 12.4. The second kappa shape index (κ2) is 6.24. The number of rotatable bonds is 5. The molecule has 0 saturated heterocycles. The van der Waals surface area contributed by atoms with E-state index in [0.717, 1.165) is 35.4 Å². The number of hydrogen-bond donors (Lipinski definition) is 2. The molecule has 0 aromatic heterocycles. The van der Waals surface area contributed by atoms with Gasteiger partial charge in [0, 0.05) is 23.9 Å². The van der Waals surface area contributed by atoms with Crippen LogP contribution < -0.4 is 15.8 Å². The Balaban J connectivity index is 2.06. The van der Waals surface area contributed by atoms with E-state index in [-0.39, 0.29) is 0 Å². The Morgan fingerprint density at radius 2 is 2.26 bits per heavy atom. The molecule has 1 aliphatic rings. The van der Waals surface area contributed by atoms with E-state index in [2.05, 4.69) is 12.2 Å². The molecule has 3 nitrogen and oxygen atoms in total. The summed E-state index contributed by atoms with van der Waals surface area (Å²) in [6, 6.07) is 5.77. The lowest BCUT2D eigenvalue weighted by Gasteiger charge is -2.16. The van der Waals surface area contributed by atoms with Gasteiger partial charge in [-0.2, -0.15) is 0 Å². The van der Waals surface area contributed by atoms with Gasteiger partial charge in [-0.05, 0) is 36.8 Å². The Bertz CT molecular complexity index is 461. The third-order valence-electron chi connectivity index (χ3n) is 3.88. The Hall–Kier alpha value is -1.29. The third kappa shape index (κ3) is 3.60. The first kappa shape index (κ1) is 14.1. The lowest BCUT2D eigenvalue weighted by atomic mass is 10.1. The normalized spacial score (nSPS) is 22.2. The summed E-state index contributed by atoms with van der Waals surface area (Å²) in [5.41, 5.74) is 7.63. The smallest absolute Gasteiger partial charge is 0.120 e. The van der Waals surface area contributed by atoms with Crippen LogP contribution in [0.5, 0.6) is 5.75 Å². The second-order valence-corrected chi connectivity index (χ2v) is 5.88. The number of thiocarbonyl (C=S) groups is 1. The molecule has 0 heterocycles. The van der Waals surface area contributed by atoms with Gasteiger partial charge < -0.3 is 15.8 Å². The fourth-order valence-corrected chi connectivity index (χ4v) is 2.95. The molecule has 0 radical (unpaired) electrons. The Kier molecular flexibility index (Phi) is 4.64. The third-order valence-corrected chi connectivity index (χ3v) is 4.10. The van der Waals surface area contributed by atoms with E-state index in [1.165, 1.54) is 19.3 Å². The van der Waals surface area contributed by atoms with E-state index in [1.807, 2.05) is 18.2 Å². The van der Waals surface area contributed by atoms with Crippen molar-refractivity contribution < 1.29 is 4.74 Å². The summed E-state index contributed by atoms with van der Waals surface area (Å²) in [4.78, 5) is 0.421. The molecule has 0 spiro atoms. The Morgan fingerprint density at radius 3 is 2.84 bits per heavy atom. The Morgan fingerprint density at radius 1 is 1.47 bits per heavy atom. The quantitative estimate of drug-likeness (QED) is 0.812. The molecule has 2 rings (SSSR count). The highest BCUT2D eigenvalue weighted by molar-refractivity contribution is 7.80. The average molecular weight is 278 g/mol. The minimum absolute atomic E-state index is 0.421. The van der Waals surface area contributed by atoms with Gasteiger partial charge in [-0.3, -0.25) is 0 Å². The molecule has 104 valence electrons. The van der Waals surface area contributed by atoms with Crippen molar-refractivity contribution in [2.75, 3.05) is 19.0 Å². The number of nitrogens with two attached hydrogens (primary N) is 1. The summed E-state index contributed by atoms with van der Waals surface area (Å²) >= 11 is 5.09. The van der Waals surface area contributed by atoms with Crippen molar-refractivity contribution in [3.8, 4) is 5.75 Å². The molecule has 19 heavy (non-hydrogen) atoms. The van der Waals surface area contributed by atoms with Crippen LogP contribution in [0.3, 0.4) is 0 Å². The zero-order chi connectivity index (χ0) is 13.8. The molecule has 2 atom stereocenters. The van der Waals surface area contributed by atoms with Crippen molar-refractivity contribution in [2.24, 2.45) is 17.6 Å². The maximum absolute atomic E-state index is 5.76. The fraction of sp³-hybridized carbons (Fsp3) is 0.533. The van der Waals surface area contributed by atoms with Gasteiger partial charge in [-0.15, -0.1) is 0 Å². The molecular weight excluding hydrogens is 256 g/mol. The van der Waals surface area contributed by atoms with Crippen molar-refractivity contribution in [1.29, 1.82) is 0 Å². The average Bonchev–Trinajstić information content (AvgIpc) is 2.81. The predicted molar refractivity (Wildman–Crippen MR) is 83.9 cm³/mol. The molecule has 0 bridgehead atoms. The topological polar surface area (TPSA) is 47.3 Å². The minimum Gasteiger partial charge on any atom is -0.497 e. The van der Waals surface area contributed by atoms with Gasteiger partial charge in [0.2, 0.25) is 0 Å². The van der Waals surface area contributed by atoms with Crippen LogP contribution >= 0.6 is 12.2 Å². The van der Waals surface area contributed by atoms with E-state index in [1.54, 1.807) is 7.11 Å². The maximum Gasteiger partial charge on any atom is 0.120 e. The first-order chi connectivity index (χ1) is 9.10. The fourth-order valence-electron chi connectivity index (χ4n) is 2.78. The highest BCUT2D eigenvalue weighted by Crippen LogP contribution is 2.31. The number of ether oxygens (including phenoxy) is 1. The van der Waals surface area contributed by atoms with Crippen LogP contribution in [-0.2, 0) is 0 Å². The second-order valence-electron chi connectivity index (χ2n) is 5.44. The summed E-state index contributed by atoms with van der Waals surface area (Å²) < 4.78 is 5.25. The van der Waals surface area contributed by atoms with Crippen LogP contribution in [0.2, 0.25) is 0 Å². The van der Waals surface area contributed by atoms with Gasteiger partial charge >= 0.3 is 0 Å². The van der Waals surface area contributed by atoms with E-state index >= 15 is 0 Å². The van der Waals surface area contributed by atoms with Crippen molar-refractivity contribution in [2.45, 2.75) is 26.2 Å². The predicted octanol–water partition coefficient (Wildman–Crippen LogP) is 3.18. The largest absolute Gasteiger partial charge is 0.497 e. The highest BCUT2D eigenvalue weighted by Gasteiger charge is 2.21. The van der Waals surface area contributed by atoms with Crippen LogP contribution in [0.4, 0.5) is 5.69 Å². The molecule has 3 N–H and O–H groups in total.